The van der Waals surface area contributed by atoms with Crippen molar-refractivity contribution in [3.63, 3.8) is 0 Å². The summed E-state index contributed by atoms with van der Waals surface area (Å²) >= 11 is 0. The quantitative estimate of drug-likeness (QED) is 0.481. The molecule has 3 aromatic rings. The summed E-state index contributed by atoms with van der Waals surface area (Å²) < 4.78 is 5.50. The number of pyridine rings is 1. The second-order valence-electron chi connectivity index (χ2n) is 7.97. The van der Waals surface area contributed by atoms with Gasteiger partial charge in [-0.2, -0.15) is 0 Å². The molecular formula is C22H29N5O2. The van der Waals surface area contributed by atoms with E-state index in [0.717, 1.165) is 48.0 Å². The first-order valence-electron chi connectivity index (χ1n) is 10.2. The molecule has 7 heteroatoms. The maximum atomic E-state index is 13.0. The summed E-state index contributed by atoms with van der Waals surface area (Å²) in [5.41, 5.74) is 12.6. The molecule has 1 saturated carbocycles. The number of fused-ring (bicyclic) bond motifs is 1. The molecule has 2 atom stereocenters. The van der Waals surface area contributed by atoms with Crippen molar-refractivity contribution >= 4 is 16.7 Å². The van der Waals surface area contributed by atoms with E-state index in [1.165, 1.54) is 0 Å². The van der Waals surface area contributed by atoms with Gasteiger partial charge in [-0.15, -0.1) is 0 Å². The number of nitrogens with one attached hydrogen (secondary N) is 3. The molecule has 1 aliphatic rings. The molecule has 0 saturated heterocycles. The molecule has 2 heterocycles. The Balaban J connectivity index is 1.59. The van der Waals surface area contributed by atoms with Crippen LogP contribution in [0.5, 0.6) is 5.75 Å². The number of nitrogens with zero attached hydrogens (tertiary/aromatic N) is 1. The summed E-state index contributed by atoms with van der Waals surface area (Å²) in [6.45, 7) is 2.06. The number of benzene rings is 1. The number of aromatic amines is 1. The van der Waals surface area contributed by atoms with E-state index >= 15 is 0 Å². The van der Waals surface area contributed by atoms with E-state index in [2.05, 4.69) is 22.3 Å². The van der Waals surface area contributed by atoms with Gasteiger partial charge >= 0.3 is 0 Å². The zero-order valence-electron chi connectivity index (χ0n) is 16.9. The third-order valence-corrected chi connectivity index (χ3v) is 6.06. The molecule has 1 aromatic carbocycles. The second kappa shape index (κ2) is 8.41. The van der Waals surface area contributed by atoms with Gasteiger partial charge in [-0.1, -0.05) is 30.3 Å². The van der Waals surface area contributed by atoms with Gasteiger partial charge in [0.05, 0.1) is 18.7 Å². The summed E-state index contributed by atoms with van der Waals surface area (Å²) in [6, 6.07) is 12.3. The highest BCUT2D eigenvalue weighted by molar-refractivity contribution is 5.95. The Kier molecular flexibility index (Phi) is 5.71. The van der Waals surface area contributed by atoms with Gasteiger partial charge in [-0.25, -0.2) is 10.4 Å². The third-order valence-electron chi connectivity index (χ3n) is 6.06. The van der Waals surface area contributed by atoms with Crippen molar-refractivity contribution in [3.05, 3.63) is 47.8 Å². The number of aromatic nitrogens is 2. The predicted octanol–water partition coefficient (Wildman–Crippen LogP) is 2.85. The van der Waals surface area contributed by atoms with E-state index in [9.17, 15) is 5.21 Å². The topological polar surface area (TPSA) is 103 Å². The van der Waals surface area contributed by atoms with E-state index < -0.39 is 0 Å². The van der Waals surface area contributed by atoms with Crippen LogP contribution in [0.15, 0.2) is 42.6 Å². The van der Waals surface area contributed by atoms with E-state index in [1.54, 1.807) is 13.3 Å². The monoisotopic (exact) mass is 395 g/mol. The molecule has 2 aromatic heterocycles. The zero-order valence-corrected chi connectivity index (χ0v) is 16.9. The molecule has 0 aliphatic heterocycles. The van der Waals surface area contributed by atoms with E-state index in [-0.39, 0.29) is 17.3 Å². The molecule has 0 amide bonds. The fourth-order valence-electron chi connectivity index (χ4n) is 4.25. The minimum Gasteiger partial charge on any atom is -0.608 e. The fraction of sp³-hybridized carbons (Fsp3) is 0.409. The average Bonchev–Trinajstić information content (AvgIpc) is 3.19. The molecule has 0 radical (unpaired) electrons. The Morgan fingerprint density at radius 3 is 2.62 bits per heavy atom. The number of H-pyrrole nitrogens is 1. The summed E-state index contributed by atoms with van der Waals surface area (Å²) in [5, 5.41) is 13.9. The lowest BCUT2D eigenvalue weighted by Gasteiger charge is -2.37. The molecule has 1 fully saturated rings. The van der Waals surface area contributed by atoms with Gasteiger partial charge < -0.3 is 20.7 Å². The van der Waals surface area contributed by atoms with Crippen LogP contribution in [0.2, 0.25) is 0 Å². The first-order valence-corrected chi connectivity index (χ1v) is 10.2. The molecule has 1 aliphatic carbocycles. The molecule has 0 bridgehead atoms. The normalized spacial score (nSPS) is 21.7. The van der Waals surface area contributed by atoms with Gasteiger partial charge in [-0.05, 0) is 37.3 Å². The highest BCUT2D eigenvalue weighted by Crippen LogP contribution is 2.34. The second-order valence-corrected chi connectivity index (χ2v) is 7.97. The Morgan fingerprint density at radius 1 is 1.24 bits per heavy atom. The van der Waals surface area contributed by atoms with E-state index in [0.29, 0.717) is 17.4 Å². The third kappa shape index (κ3) is 4.07. The van der Waals surface area contributed by atoms with Crippen molar-refractivity contribution in [2.75, 3.05) is 12.5 Å². The lowest BCUT2D eigenvalue weighted by molar-refractivity contribution is -0.854. The predicted molar refractivity (Wildman–Crippen MR) is 115 cm³/mol. The van der Waals surface area contributed by atoms with Gasteiger partial charge in [0.1, 0.15) is 17.4 Å². The zero-order chi connectivity index (χ0) is 20.4. The van der Waals surface area contributed by atoms with E-state index in [4.69, 9.17) is 10.5 Å². The van der Waals surface area contributed by atoms with Crippen molar-refractivity contribution in [1.29, 1.82) is 0 Å². The number of nitrogens with two attached hydrogens (primary N) is 1. The van der Waals surface area contributed by atoms with Crippen LogP contribution in [0.4, 0.5) is 5.69 Å². The Labute approximate surface area is 170 Å². The number of quaternary nitrogens is 1. The number of ether oxygens (including phenoxy) is 1. The lowest BCUT2D eigenvalue weighted by Crippen LogP contribution is -3.14. The summed E-state index contributed by atoms with van der Waals surface area (Å²) in [5.74, 6) is 1.08. The van der Waals surface area contributed by atoms with Gasteiger partial charge in [0.2, 0.25) is 0 Å². The first-order chi connectivity index (χ1) is 14.1. The molecular weight excluding hydrogens is 366 g/mol. The number of hydroxylamine groups is 1. The molecule has 154 valence electrons. The molecule has 0 spiro atoms. The number of anilines is 1. The molecule has 7 nitrogen and oxygen atoms in total. The summed E-state index contributed by atoms with van der Waals surface area (Å²) in [7, 11) is 1.59. The van der Waals surface area contributed by atoms with Crippen molar-refractivity contribution in [2.24, 2.45) is 11.7 Å². The standard InChI is InChI=1S/C22H29N5O2/c1-14(23)15-8-10-17(11-9-15)27(28)26-21-18-12-19(16-6-4-3-5-7-16)25-22(18)24-13-20(21)29-2/h3-7,12-15,17,27H,8-11,23H2,1-2H3,(H2,24,25,26). The highest BCUT2D eigenvalue weighted by Gasteiger charge is 2.28. The first kappa shape index (κ1) is 19.7. The minimum absolute atomic E-state index is 0.00505. The van der Waals surface area contributed by atoms with Gasteiger partial charge in [-0.3, -0.25) is 5.17 Å². The number of methoxy groups -OCH3 is 1. The van der Waals surface area contributed by atoms with Crippen LogP contribution in [0.3, 0.4) is 0 Å². The van der Waals surface area contributed by atoms with Crippen LogP contribution >= 0.6 is 0 Å². The molecule has 29 heavy (non-hydrogen) atoms. The van der Waals surface area contributed by atoms with Crippen molar-refractivity contribution < 1.29 is 9.91 Å². The van der Waals surface area contributed by atoms with Crippen LogP contribution in [0, 0.1) is 11.1 Å². The van der Waals surface area contributed by atoms with Crippen molar-refractivity contribution in [2.45, 2.75) is 44.7 Å². The SMILES string of the molecule is COc1cnc2[nH]c(-c3ccccc3)cc2c1N[NH+]([O-])C1CCC(C(C)N)CC1. The minimum atomic E-state index is 0.00505. The van der Waals surface area contributed by atoms with Crippen LogP contribution < -0.4 is 21.1 Å². The average molecular weight is 396 g/mol. The fourth-order valence-corrected chi connectivity index (χ4v) is 4.25. The largest absolute Gasteiger partial charge is 0.608 e. The number of hydrogen-bond donors (Lipinski definition) is 4. The Bertz CT molecular complexity index is 948. The van der Waals surface area contributed by atoms with Gasteiger partial charge in [0.15, 0.2) is 5.75 Å². The van der Waals surface area contributed by atoms with Crippen LogP contribution in [-0.4, -0.2) is 29.2 Å². The molecule has 4 rings (SSSR count). The number of rotatable bonds is 6. The smallest absolute Gasteiger partial charge is 0.166 e. The maximum Gasteiger partial charge on any atom is 0.166 e. The van der Waals surface area contributed by atoms with E-state index in [1.807, 2.05) is 36.4 Å². The molecule has 5 N–H and O–H groups in total. The van der Waals surface area contributed by atoms with Crippen LogP contribution in [0.25, 0.3) is 22.3 Å². The van der Waals surface area contributed by atoms with Crippen molar-refractivity contribution in [3.8, 4) is 17.0 Å². The molecule has 2 unspecified atom stereocenters. The number of hydrogen-bond acceptors (Lipinski definition) is 5. The summed E-state index contributed by atoms with van der Waals surface area (Å²) in [6.07, 6.45) is 5.39. The Morgan fingerprint density at radius 2 is 1.97 bits per heavy atom. The van der Waals surface area contributed by atoms with Gasteiger partial charge in [0.25, 0.3) is 0 Å². The maximum absolute atomic E-state index is 13.0. The van der Waals surface area contributed by atoms with Crippen LogP contribution in [-0.2, 0) is 0 Å². The lowest BCUT2D eigenvalue weighted by atomic mass is 9.82. The summed E-state index contributed by atoms with van der Waals surface area (Å²) in [4.78, 5) is 7.80. The van der Waals surface area contributed by atoms with Gasteiger partial charge in [0, 0.05) is 24.6 Å². The highest BCUT2D eigenvalue weighted by atomic mass is 16.5. The Hall–Kier alpha value is -2.61. The van der Waals surface area contributed by atoms with Crippen molar-refractivity contribution in [1.82, 2.24) is 9.97 Å². The van der Waals surface area contributed by atoms with Crippen LogP contribution in [0.1, 0.15) is 32.6 Å².